The van der Waals surface area contributed by atoms with Crippen LogP contribution in [0.15, 0.2) is 12.1 Å². The van der Waals surface area contributed by atoms with E-state index in [0.717, 1.165) is 6.07 Å². The van der Waals surface area contributed by atoms with Crippen LogP contribution in [0.4, 0.5) is 19.3 Å². The molecular formula is C13H15F2NO2Si. The zero-order valence-electron chi connectivity index (χ0n) is 11.2. The van der Waals surface area contributed by atoms with Crippen molar-refractivity contribution in [2.75, 3.05) is 12.4 Å². The predicted octanol–water partition coefficient (Wildman–Crippen LogP) is 3.37. The van der Waals surface area contributed by atoms with Gasteiger partial charge in [-0.15, -0.1) is 5.54 Å². The molecule has 6 heteroatoms. The Hall–Kier alpha value is -1.87. The van der Waals surface area contributed by atoms with Crippen molar-refractivity contribution in [3.05, 3.63) is 29.3 Å². The summed E-state index contributed by atoms with van der Waals surface area (Å²) in [6.07, 6.45) is -0.762. The van der Waals surface area contributed by atoms with E-state index >= 15 is 0 Å². The van der Waals surface area contributed by atoms with Crippen molar-refractivity contribution in [1.29, 1.82) is 0 Å². The number of anilines is 1. The number of methoxy groups -OCH3 is 1. The molecule has 0 fully saturated rings. The Morgan fingerprint density at radius 1 is 1.32 bits per heavy atom. The van der Waals surface area contributed by atoms with Crippen LogP contribution >= 0.6 is 0 Å². The third kappa shape index (κ3) is 4.37. The van der Waals surface area contributed by atoms with Gasteiger partial charge in [0, 0.05) is 0 Å². The van der Waals surface area contributed by atoms with Crippen molar-refractivity contribution < 1.29 is 18.3 Å². The summed E-state index contributed by atoms with van der Waals surface area (Å²) in [6, 6.07) is 2.18. The molecule has 0 spiro atoms. The van der Waals surface area contributed by atoms with Crippen LogP contribution in [-0.4, -0.2) is 21.3 Å². The molecule has 1 aromatic carbocycles. The molecule has 1 aromatic rings. The normalized spacial score (nSPS) is 10.4. The van der Waals surface area contributed by atoms with Gasteiger partial charge in [-0.2, -0.15) is 0 Å². The van der Waals surface area contributed by atoms with Gasteiger partial charge >= 0.3 is 6.09 Å². The first-order chi connectivity index (χ1) is 8.74. The van der Waals surface area contributed by atoms with Crippen molar-refractivity contribution in [3.8, 4) is 11.5 Å². The van der Waals surface area contributed by atoms with Gasteiger partial charge in [-0.05, 0) is 12.1 Å². The van der Waals surface area contributed by atoms with Crippen molar-refractivity contribution >= 4 is 19.9 Å². The summed E-state index contributed by atoms with van der Waals surface area (Å²) in [6.45, 7) is 5.93. The first-order valence-electron chi connectivity index (χ1n) is 5.61. The Morgan fingerprint density at radius 2 is 1.95 bits per heavy atom. The molecule has 0 aliphatic rings. The highest BCUT2D eigenvalue weighted by atomic mass is 28.3. The van der Waals surface area contributed by atoms with Gasteiger partial charge in [0.1, 0.15) is 8.07 Å². The Balaban J connectivity index is 3.28. The molecular weight excluding hydrogens is 268 g/mol. The lowest BCUT2D eigenvalue weighted by Crippen LogP contribution is -2.17. The molecule has 3 nitrogen and oxygen atoms in total. The zero-order valence-corrected chi connectivity index (χ0v) is 12.2. The van der Waals surface area contributed by atoms with Gasteiger partial charge in [0.2, 0.25) is 0 Å². The lowest BCUT2D eigenvalue weighted by atomic mass is 10.1. The monoisotopic (exact) mass is 283 g/mol. The summed E-state index contributed by atoms with van der Waals surface area (Å²) in [5.74, 6) is 0.544. The van der Waals surface area contributed by atoms with Gasteiger partial charge in [0.25, 0.3) is 0 Å². The Morgan fingerprint density at radius 3 is 2.47 bits per heavy atom. The standard InChI is InChI=1S/C13H15F2NO2Si/c1-18-13(17)16-11-6-5-10(14)12(15)9(11)7-8-19(2,3)4/h5-6H,1-4H3,(H,16,17). The number of ether oxygens (including phenoxy) is 1. The van der Waals surface area contributed by atoms with Gasteiger partial charge in [-0.3, -0.25) is 5.32 Å². The molecule has 0 atom stereocenters. The van der Waals surface area contributed by atoms with Crippen molar-refractivity contribution in [1.82, 2.24) is 0 Å². The molecule has 0 saturated heterocycles. The maximum Gasteiger partial charge on any atom is 0.411 e. The molecule has 0 radical (unpaired) electrons. The van der Waals surface area contributed by atoms with Crippen LogP contribution in [0.5, 0.6) is 0 Å². The van der Waals surface area contributed by atoms with Crippen LogP contribution in [0.1, 0.15) is 5.56 Å². The lowest BCUT2D eigenvalue weighted by molar-refractivity contribution is 0.187. The fourth-order valence-electron chi connectivity index (χ4n) is 1.19. The number of rotatable bonds is 1. The lowest BCUT2D eigenvalue weighted by Gasteiger charge is -2.09. The smallest absolute Gasteiger partial charge is 0.411 e. The molecule has 0 aromatic heterocycles. The Bertz CT molecular complexity index is 556. The summed E-state index contributed by atoms with van der Waals surface area (Å²) >= 11 is 0. The van der Waals surface area contributed by atoms with E-state index in [1.807, 2.05) is 19.6 Å². The topological polar surface area (TPSA) is 38.3 Å². The maximum atomic E-state index is 13.7. The quantitative estimate of drug-likeness (QED) is 0.634. The number of hydrogen-bond acceptors (Lipinski definition) is 2. The predicted molar refractivity (Wildman–Crippen MR) is 72.6 cm³/mol. The van der Waals surface area contributed by atoms with E-state index in [4.69, 9.17) is 0 Å². The van der Waals surface area contributed by atoms with Crippen LogP contribution in [0.25, 0.3) is 0 Å². The molecule has 1 rings (SSSR count). The third-order valence-electron chi connectivity index (χ3n) is 2.08. The van der Waals surface area contributed by atoms with E-state index < -0.39 is 25.8 Å². The van der Waals surface area contributed by atoms with E-state index in [-0.39, 0.29) is 11.3 Å². The first-order valence-corrected chi connectivity index (χ1v) is 9.11. The SMILES string of the molecule is COC(=O)Nc1ccc(F)c(F)c1C#C[Si](C)(C)C. The van der Waals surface area contributed by atoms with Gasteiger partial charge in [-0.25, -0.2) is 13.6 Å². The van der Waals surface area contributed by atoms with Gasteiger partial charge in [0.05, 0.1) is 18.4 Å². The minimum atomic E-state index is -1.75. The fourth-order valence-corrected chi connectivity index (χ4v) is 1.69. The van der Waals surface area contributed by atoms with E-state index in [2.05, 4.69) is 21.5 Å². The van der Waals surface area contributed by atoms with Crippen molar-refractivity contribution in [3.63, 3.8) is 0 Å². The van der Waals surface area contributed by atoms with Crippen LogP contribution in [0.2, 0.25) is 19.6 Å². The van der Waals surface area contributed by atoms with Gasteiger partial charge in [0.15, 0.2) is 11.6 Å². The molecule has 0 aliphatic carbocycles. The summed E-state index contributed by atoms with van der Waals surface area (Å²) in [5.41, 5.74) is 2.86. The number of hydrogen-bond donors (Lipinski definition) is 1. The van der Waals surface area contributed by atoms with Crippen LogP contribution < -0.4 is 5.32 Å². The first kappa shape index (κ1) is 15.2. The van der Waals surface area contributed by atoms with E-state index in [1.54, 1.807) is 0 Å². The molecule has 1 N–H and O–H groups in total. The third-order valence-corrected chi connectivity index (χ3v) is 2.95. The van der Waals surface area contributed by atoms with Crippen LogP contribution in [-0.2, 0) is 4.74 Å². The highest BCUT2D eigenvalue weighted by molar-refractivity contribution is 6.83. The van der Waals surface area contributed by atoms with Crippen LogP contribution in [0, 0.1) is 23.1 Å². The number of carbonyl (C=O) groups excluding carboxylic acids is 1. The van der Waals surface area contributed by atoms with Crippen molar-refractivity contribution in [2.24, 2.45) is 0 Å². The minimum absolute atomic E-state index is 0.0940. The second-order valence-electron chi connectivity index (χ2n) is 4.90. The van der Waals surface area contributed by atoms with Gasteiger partial charge < -0.3 is 4.74 Å². The molecule has 102 valence electrons. The number of halogens is 2. The average molecular weight is 283 g/mol. The molecule has 0 unspecified atom stereocenters. The minimum Gasteiger partial charge on any atom is -0.453 e. The molecule has 1 amide bonds. The Labute approximate surface area is 112 Å². The molecule has 0 saturated carbocycles. The summed E-state index contributed by atoms with van der Waals surface area (Å²) in [5, 5.41) is 2.31. The van der Waals surface area contributed by atoms with E-state index in [1.165, 1.54) is 13.2 Å². The largest absolute Gasteiger partial charge is 0.453 e. The number of benzene rings is 1. The molecule has 0 aliphatic heterocycles. The molecule has 0 bridgehead atoms. The maximum absolute atomic E-state index is 13.7. The fraction of sp³-hybridized carbons (Fsp3) is 0.308. The van der Waals surface area contributed by atoms with Crippen LogP contribution in [0.3, 0.4) is 0 Å². The highest BCUT2D eigenvalue weighted by Crippen LogP contribution is 2.21. The number of nitrogens with one attached hydrogen (secondary N) is 1. The molecule has 0 heterocycles. The highest BCUT2D eigenvalue weighted by Gasteiger charge is 2.15. The molecule has 19 heavy (non-hydrogen) atoms. The summed E-state index contributed by atoms with van der Waals surface area (Å²) in [4.78, 5) is 11.1. The van der Waals surface area contributed by atoms with E-state index in [9.17, 15) is 13.6 Å². The number of carbonyl (C=O) groups is 1. The number of amides is 1. The van der Waals surface area contributed by atoms with Gasteiger partial charge in [-0.1, -0.05) is 25.6 Å². The average Bonchev–Trinajstić information content (AvgIpc) is 2.31. The zero-order chi connectivity index (χ0) is 14.6. The Kier molecular flexibility index (Phi) is 4.67. The summed E-state index contributed by atoms with van der Waals surface area (Å²) in [7, 11) is -0.563. The second-order valence-corrected chi connectivity index (χ2v) is 9.65. The van der Waals surface area contributed by atoms with E-state index in [0.29, 0.717) is 0 Å². The van der Waals surface area contributed by atoms with Crippen molar-refractivity contribution in [2.45, 2.75) is 19.6 Å². The second kappa shape index (κ2) is 5.84. The summed E-state index contributed by atoms with van der Waals surface area (Å²) < 4.78 is 31.4.